The molecule has 58 heavy (non-hydrogen) atoms. The van der Waals surface area contributed by atoms with Gasteiger partial charge in [-0.2, -0.15) is 0 Å². The van der Waals surface area contributed by atoms with Crippen molar-refractivity contribution < 1.29 is 17.4 Å². The molecule has 2 aromatic heterocycles. The predicted octanol–water partition coefficient (Wildman–Crippen LogP) is 14.6. The highest BCUT2D eigenvalue weighted by atomic mass is 16.3. The average Bonchev–Trinajstić information content (AvgIpc) is 3.65. The number of aromatic hydroxyl groups is 1. The fraction of sp³-hybridized carbons (Fsp3) is 0.222. The molecule has 0 saturated heterocycles. The summed E-state index contributed by atoms with van der Waals surface area (Å²) in [5, 5.41) is 11.3. The van der Waals surface area contributed by atoms with E-state index < -0.39 is 41.5 Å². The van der Waals surface area contributed by atoms with Crippen LogP contribution in [0.25, 0.3) is 72.7 Å². The zero-order chi connectivity index (χ0) is 48.8. The Morgan fingerprint density at radius 3 is 2.02 bits per heavy atom. The van der Waals surface area contributed by atoms with Crippen LogP contribution in [0.1, 0.15) is 100 Å². The molecule has 0 fully saturated rings. The lowest BCUT2D eigenvalue weighted by Gasteiger charge is -2.22. The summed E-state index contributed by atoms with van der Waals surface area (Å²) in [6, 6.07) is 28.8. The van der Waals surface area contributed by atoms with Gasteiger partial charge in [-0.25, -0.2) is 4.98 Å². The fourth-order valence-electron chi connectivity index (χ4n) is 7.31. The first kappa shape index (κ1) is 29.0. The number of fused-ring (bicyclic) bond motifs is 1. The second kappa shape index (κ2) is 15.2. The summed E-state index contributed by atoms with van der Waals surface area (Å²) < 4.78 is 81.4. The van der Waals surface area contributed by atoms with Crippen molar-refractivity contribution in [2.24, 2.45) is 0 Å². The first-order chi connectivity index (χ1) is 31.3. The van der Waals surface area contributed by atoms with E-state index in [1.54, 1.807) is 12.1 Å². The maximum absolute atomic E-state index is 11.3. The summed E-state index contributed by atoms with van der Waals surface area (Å²) in [4.78, 5) is 9.77. The Bertz CT molecular complexity index is 3260. The number of phenolic OH excluding ortho intramolecular Hbond substituents is 1. The molecule has 2 heterocycles. The Balaban J connectivity index is 1.36. The molecule has 6 aromatic carbocycles. The second-order valence-corrected chi connectivity index (χ2v) is 16.5. The van der Waals surface area contributed by atoms with Crippen molar-refractivity contribution >= 4 is 11.0 Å². The molecule has 8 rings (SSSR count). The van der Waals surface area contributed by atoms with Crippen LogP contribution in [0.2, 0.25) is 0 Å². The molecule has 1 N–H and O–H groups in total. The minimum Gasteiger partial charge on any atom is -0.507 e. The molecule has 290 valence electrons. The lowest BCUT2D eigenvalue weighted by Crippen LogP contribution is -2.11. The number of phenols is 1. The van der Waals surface area contributed by atoms with Crippen molar-refractivity contribution in [3.63, 3.8) is 0 Å². The SMILES string of the molecule is [2H]c1nc(-c2cc(-c3cccc4c3nc(-c3ccccc3O)n4-c3ccc(-c4cc(C([2H])(C)C)cc(C([2H])(C)C)c4)cc3C)cc(C(C)(C)C)c2)c([2H])c(-c2c([2H])c([2H])c(C)c([2H])c2[2H])c1[2H]. The van der Waals surface area contributed by atoms with Gasteiger partial charge in [-0.05, 0) is 136 Å². The minimum absolute atomic E-state index is 0.0523. The van der Waals surface area contributed by atoms with E-state index in [1.165, 1.54) is 6.92 Å². The molecule has 0 unspecified atom stereocenters. The number of rotatable bonds is 8. The summed E-state index contributed by atoms with van der Waals surface area (Å²) in [5.41, 5.74) is 9.28. The predicted molar refractivity (Wildman–Crippen MR) is 244 cm³/mol. The van der Waals surface area contributed by atoms with Crippen molar-refractivity contribution in [3.05, 3.63) is 167 Å². The number of benzene rings is 6. The van der Waals surface area contributed by atoms with Gasteiger partial charge in [-0.15, -0.1) is 0 Å². The molecule has 0 spiro atoms. The summed E-state index contributed by atoms with van der Waals surface area (Å²) in [6.07, 6.45) is -0.468. The van der Waals surface area contributed by atoms with E-state index in [4.69, 9.17) is 16.0 Å². The summed E-state index contributed by atoms with van der Waals surface area (Å²) >= 11 is 0. The molecule has 4 heteroatoms. The van der Waals surface area contributed by atoms with Gasteiger partial charge in [0.05, 0.1) is 37.6 Å². The topological polar surface area (TPSA) is 50.9 Å². The summed E-state index contributed by atoms with van der Waals surface area (Å²) in [5.74, 6) is -1.20. The van der Waals surface area contributed by atoms with Crippen molar-refractivity contribution in [3.8, 4) is 67.5 Å². The molecule has 0 aliphatic carbocycles. The van der Waals surface area contributed by atoms with Gasteiger partial charge in [0.2, 0.25) is 0 Å². The lowest BCUT2D eigenvalue weighted by molar-refractivity contribution is 0.477. The van der Waals surface area contributed by atoms with Crippen LogP contribution in [0.5, 0.6) is 5.75 Å². The highest BCUT2D eigenvalue weighted by molar-refractivity contribution is 5.97. The Morgan fingerprint density at radius 1 is 0.655 bits per heavy atom. The number of hydrogen-bond donors (Lipinski definition) is 1. The van der Waals surface area contributed by atoms with Gasteiger partial charge in [0.1, 0.15) is 11.6 Å². The molecular weight excluding hydrogens is 707 g/mol. The minimum atomic E-state index is -0.877. The third kappa shape index (κ3) is 7.47. The van der Waals surface area contributed by atoms with Gasteiger partial charge in [-0.3, -0.25) is 9.55 Å². The third-order valence-electron chi connectivity index (χ3n) is 10.7. The number of aromatic nitrogens is 3. The van der Waals surface area contributed by atoms with Gasteiger partial charge in [0.25, 0.3) is 0 Å². The summed E-state index contributed by atoms with van der Waals surface area (Å²) in [6.45, 7) is 17.1. The molecule has 8 aromatic rings. The standard InChI is InChI=1S/C54H53N3O/c1-33(2)40-26-41(34(3)4)28-42(27-40)38-21-22-49(36(6)25-38)57-50-15-12-14-46(52(50)56-53(57)47-13-10-11-16-51(47)58)43-29-44(31-45(30-43)54(7,8)9)48-32-39(23-24-55-48)37-19-17-35(5)18-20-37/h10-34,58H,1-9H3/i17D,18D,19D,20D,23D,24D,32D,33D,34D. The van der Waals surface area contributed by atoms with Crippen LogP contribution < -0.4 is 0 Å². The molecule has 0 aliphatic rings. The largest absolute Gasteiger partial charge is 0.507 e. The highest BCUT2D eigenvalue weighted by Gasteiger charge is 2.23. The number of aryl methyl sites for hydroxylation is 1. The highest BCUT2D eigenvalue weighted by Crippen LogP contribution is 2.41. The van der Waals surface area contributed by atoms with E-state index >= 15 is 0 Å². The molecule has 0 amide bonds. The molecule has 4 nitrogen and oxygen atoms in total. The first-order valence-corrected chi connectivity index (χ1v) is 19.6. The molecule has 0 radical (unpaired) electrons. The molecular formula is C54H53N3O. The summed E-state index contributed by atoms with van der Waals surface area (Å²) in [7, 11) is 0. The quantitative estimate of drug-likeness (QED) is 0.167. The van der Waals surface area contributed by atoms with Crippen LogP contribution >= 0.6 is 0 Å². The Morgan fingerprint density at radius 2 is 1.34 bits per heavy atom. The Kier molecular flexibility index (Phi) is 7.63. The lowest BCUT2D eigenvalue weighted by atomic mass is 9.83. The maximum Gasteiger partial charge on any atom is 0.149 e. The van der Waals surface area contributed by atoms with E-state index in [9.17, 15) is 6.48 Å². The van der Waals surface area contributed by atoms with E-state index in [1.807, 2.05) is 112 Å². The van der Waals surface area contributed by atoms with Crippen molar-refractivity contribution in [2.75, 3.05) is 0 Å². The Labute approximate surface area is 356 Å². The van der Waals surface area contributed by atoms with E-state index in [-0.39, 0.29) is 46.3 Å². The van der Waals surface area contributed by atoms with Crippen LogP contribution in [0.15, 0.2) is 139 Å². The normalized spacial score (nSPS) is 14.5. The number of imidazole rings is 1. The molecule has 0 saturated carbocycles. The van der Waals surface area contributed by atoms with Crippen molar-refractivity contribution in [1.29, 1.82) is 0 Å². The maximum atomic E-state index is 11.3. The van der Waals surface area contributed by atoms with Crippen LogP contribution in [0.3, 0.4) is 0 Å². The first-order valence-electron chi connectivity index (χ1n) is 24.1. The number of hydrogen-bond acceptors (Lipinski definition) is 3. The smallest absolute Gasteiger partial charge is 0.149 e. The van der Waals surface area contributed by atoms with E-state index in [2.05, 4.69) is 37.9 Å². The third-order valence-corrected chi connectivity index (χ3v) is 10.7. The van der Waals surface area contributed by atoms with Gasteiger partial charge < -0.3 is 5.11 Å². The van der Waals surface area contributed by atoms with E-state index in [0.717, 1.165) is 55.7 Å². The van der Waals surface area contributed by atoms with Crippen molar-refractivity contribution in [2.45, 2.75) is 79.5 Å². The van der Waals surface area contributed by atoms with Crippen LogP contribution in [0.4, 0.5) is 0 Å². The second-order valence-electron chi connectivity index (χ2n) is 16.5. The number of nitrogens with zero attached hydrogens (tertiary/aromatic N) is 3. The zero-order valence-electron chi connectivity index (χ0n) is 43.5. The molecule has 0 atom stereocenters. The van der Waals surface area contributed by atoms with Crippen LogP contribution in [-0.2, 0) is 5.41 Å². The average molecular weight is 769 g/mol. The van der Waals surface area contributed by atoms with Crippen LogP contribution in [-0.4, -0.2) is 19.6 Å². The van der Waals surface area contributed by atoms with Crippen molar-refractivity contribution in [1.82, 2.24) is 14.5 Å². The fourth-order valence-corrected chi connectivity index (χ4v) is 7.31. The van der Waals surface area contributed by atoms with Gasteiger partial charge in [-0.1, -0.05) is 133 Å². The van der Waals surface area contributed by atoms with Gasteiger partial charge in [0.15, 0.2) is 0 Å². The molecule has 0 aliphatic heterocycles. The molecule has 0 bridgehead atoms. The zero-order valence-corrected chi connectivity index (χ0v) is 34.5. The van der Waals surface area contributed by atoms with Gasteiger partial charge in [0, 0.05) is 20.0 Å². The van der Waals surface area contributed by atoms with E-state index in [0.29, 0.717) is 22.5 Å². The number of pyridine rings is 1. The monoisotopic (exact) mass is 768 g/mol. The van der Waals surface area contributed by atoms with Crippen LogP contribution in [0, 0.1) is 13.8 Å². The number of para-hydroxylation sites is 2. The van der Waals surface area contributed by atoms with Gasteiger partial charge >= 0.3 is 0 Å². The Hall–Kier alpha value is -6.26.